The van der Waals surface area contributed by atoms with Crippen LogP contribution in [0.15, 0.2) is 71.9 Å². The van der Waals surface area contributed by atoms with Crippen molar-refractivity contribution in [3.8, 4) is 0 Å². The summed E-state index contributed by atoms with van der Waals surface area (Å²) in [5.41, 5.74) is 3.39. The van der Waals surface area contributed by atoms with Crippen LogP contribution in [0.5, 0.6) is 0 Å². The summed E-state index contributed by atoms with van der Waals surface area (Å²) in [4.78, 5) is 49.1. The molecule has 242 valence electrons. The summed E-state index contributed by atoms with van der Waals surface area (Å²) in [6, 6.07) is 17.8. The lowest BCUT2D eigenvalue weighted by Gasteiger charge is -2.43. The number of aliphatic hydroxyl groups is 1. The molecule has 0 aliphatic carbocycles. The van der Waals surface area contributed by atoms with Gasteiger partial charge >= 0.3 is 0 Å². The Morgan fingerprint density at radius 3 is 2.39 bits per heavy atom. The first kappa shape index (κ1) is 31.7. The lowest BCUT2D eigenvalue weighted by atomic mass is 9.79. The number of aryl methyl sites for hydroxylation is 2. The van der Waals surface area contributed by atoms with Gasteiger partial charge in [0.15, 0.2) is 0 Å². The van der Waals surface area contributed by atoms with Gasteiger partial charge in [0, 0.05) is 56.8 Å². The lowest BCUT2D eigenvalue weighted by Crippen LogP contribution is -2.53. The molecule has 9 heteroatoms. The fourth-order valence-electron chi connectivity index (χ4n) is 7.44. The van der Waals surface area contributed by atoms with E-state index in [1.165, 1.54) is 16.5 Å². The van der Waals surface area contributed by atoms with Gasteiger partial charge in [-0.1, -0.05) is 57.2 Å². The van der Waals surface area contributed by atoms with E-state index in [1.54, 1.807) is 16.8 Å². The minimum Gasteiger partial charge on any atom is -0.388 e. The quantitative estimate of drug-likeness (QED) is 0.349. The van der Waals surface area contributed by atoms with Crippen molar-refractivity contribution in [3.05, 3.63) is 99.7 Å². The van der Waals surface area contributed by atoms with Crippen molar-refractivity contribution in [1.82, 2.24) is 23.9 Å². The molecule has 0 bridgehead atoms. The Morgan fingerprint density at radius 2 is 1.72 bits per heavy atom. The summed E-state index contributed by atoms with van der Waals surface area (Å²) >= 11 is 0. The minimum atomic E-state index is -1.11. The summed E-state index contributed by atoms with van der Waals surface area (Å²) in [5.74, 6) is -0.339. The largest absolute Gasteiger partial charge is 0.388 e. The molecule has 2 saturated heterocycles. The highest BCUT2D eigenvalue weighted by atomic mass is 16.3. The lowest BCUT2D eigenvalue weighted by molar-refractivity contribution is -0.142. The second-order valence-corrected chi connectivity index (χ2v) is 14.3. The van der Waals surface area contributed by atoms with Gasteiger partial charge in [0.05, 0.1) is 17.5 Å². The Hall–Kier alpha value is -4.24. The number of benzene rings is 2. The molecule has 0 radical (unpaired) electrons. The molecule has 9 nitrogen and oxygen atoms in total. The van der Waals surface area contributed by atoms with Gasteiger partial charge in [-0.05, 0) is 66.5 Å². The molecule has 2 amide bonds. The molecule has 2 aliphatic heterocycles. The molecule has 46 heavy (non-hydrogen) atoms. The van der Waals surface area contributed by atoms with Crippen LogP contribution < -0.4 is 5.56 Å². The maximum atomic E-state index is 14.1. The zero-order valence-corrected chi connectivity index (χ0v) is 27.6. The molecule has 2 atom stereocenters. The number of likely N-dealkylation sites (tertiary alicyclic amines) is 2. The third-order valence-electron chi connectivity index (χ3n) is 10.0. The summed E-state index contributed by atoms with van der Waals surface area (Å²) in [5, 5.41) is 12.0. The van der Waals surface area contributed by atoms with Gasteiger partial charge in [0.25, 0.3) is 11.5 Å². The van der Waals surface area contributed by atoms with Gasteiger partial charge in [0.1, 0.15) is 12.0 Å². The topological polar surface area (TPSA) is 101 Å². The van der Waals surface area contributed by atoms with Gasteiger partial charge in [-0.3, -0.25) is 19.0 Å². The van der Waals surface area contributed by atoms with E-state index in [4.69, 9.17) is 0 Å². The van der Waals surface area contributed by atoms with E-state index in [2.05, 4.69) is 38.7 Å². The van der Waals surface area contributed by atoms with E-state index in [9.17, 15) is 19.5 Å². The van der Waals surface area contributed by atoms with Crippen LogP contribution in [-0.4, -0.2) is 72.6 Å². The smallest absolute Gasteiger partial charge is 0.262 e. The highest BCUT2D eigenvalue weighted by Crippen LogP contribution is 2.36. The number of carbonyl (C=O) groups is 2. The zero-order valence-electron chi connectivity index (χ0n) is 27.6. The van der Waals surface area contributed by atoms with E-state index < -0.39 is 5.60 Å². The van der Waals surface area contributed by atoms with E-state index in [-0.39, 0.29) is 41.2 Å². The van der Waals surface area contributed by atoms with Crippen LogP contribution in [0.2, 0.25) is 0 Å². The number of piperidine rings is 2. The number of hydrogen-bond donors (Lipinski definition) is 1. The summed E-state index contributed by atoms with van der Waals surface area (Å²) in [7, 11) is 1.84. The molecular formula is C37H45N5O4. The molecule has 0 saturated carbocycles. The number of aromatic nitrogens is 3. The Balaban J connectivity index is 1.15. The van der Waals surface area contributed by atoms with Crippen LogP contribution in [0.25, 0.3) is 11.0 Å². The van der Waals surface area contributed by atoms with Crippen LogP contribution in [0.1, 0.15) is 73.0 Å². The van der Waals surface area contributed by atoms with Crippen molar-refractivity contribution in [3.63, 3.8) is 0 Å². The van der Waals surface area contributed by atoms with Crippen LogP contribution in [-0.2, 0) is 23.8 Å². The first-order valence-corrected chi connectivity index (χ1v) is 16.3. The van der Waals surface area contributed by atoms with E-state index in [1.807, 2.05) is 59.3 Å². The van der Waals surface area contributed by atoms with Crippen molar-refractivity contribution < 1.29 is 14.7 Å². The van der Waals surface area contributed by atoms with Crippen LogP contribution in [0, 0.1) is 12.8 Å². The molecule has 1 N–H and O–H groups in total. The van der Waals surface area contributed by atoms with Crippen molar-refractivity contribution in [2.75, 3.05) is 26.2 Å². The normalized spacial score (nSPS) is 20.2. The maximum Gasteiger partial charge on any atom is 0.262 e. The summed E-state index contributed by atoms with van der Waals surface area (Å²) in [6.07, 6.45) is 4.61. The van der Waals surface area contributed by atoms with Gasteiger partial charge in [-0.2, -0.15) is 0 Å². The average Bonchev–Trinajstić information content (AvgIpc) is 3.42. The molecule has 0 spiro atoms. The standard InChI is InChI=1S/C37H45N5O4/c1-25-21-27(11-12-31(25)36(2,3)4)33(43)41-18-14-28(30(22-41)26-9-7-6-8-10-26)34(44)40-19-15-37(46,16-20-40)23-42-24-38-32-29(35(42)45)13-17-39(32)5/h6-13,17,21,24,28,30,46H,14-16,18-20,22-23H2,1-5H3/t28-,30+/m1/s1. The number of carbonyl (C=O) groups excluding carboxylic acids is 2. The van der Waals surface area contributed by atoms with Gasteiger partial charge in [-0.15, -0.1) is 0 Å². The predicted octanol–water partition coefficient (Wildman–Crippen LogP) is 4.64. The van der Waals surface area contributed by atoms with Crippen molar-refractivity contribution >= 4 is 22.8 Å². The first-order chi connectivity index (χ1) is 21.8. The van der Waals surface area contributed by atoms with Crippen molar-refractivity contribution in [2.24, 2.45) is 13.0 Å². The minimum absolute atomic E-state index is 0.00161. The predicted molar refractivity (Wildman–Crippen MR) is 179 cm³/mol. The molecule has 6 rings (SSSR count). The van der Waals surface area contributed by atoms with Crippen LogP contribution in [0.3, 0.4) is 0 Å². The fourth-order valence-corrected chi connectivity index (χ4v) is 7.44. The van der Waals surface area contributed by atoms with Crippen molar-refractivity contribution in [1.29, 1.82) is 0 Å². The Labute approximate surface area is 270 Å². The third kappa shape index (κ3) is 6.12. The number of hydrogen-bond acceptors (Lipinski definition) is 5. The number of rotatable bonds is 5. The molecule has 4 aromatic rings. The summed E-state index contributed by atoms with van der Waals surface area (Å²) < 4.78 is 3.28. The van der Waals surface area contributed by atoms with Crippen LogP contribution >= 0.6 is 0 Å². The fraction of sp³-hybridized carbons (Fsp3) is 0.459. The second-order valence-electron chi connectivity index (χ2n) is 14.3. The average molecular weight is 624 g/mol. The van der Waals surface area contributed by atoms with Gasteiger partial charge in [-0.25, -0.2) is 4.98 Å². The number of fused-ring (bicyclic) bond motifs is 1. The molecule has 4 heterocycles. The number of nitrogens with zero attached hydrogens (tertiary/aromatic N) is 5. The zero-order chi connectivity index (χ0) is 32.8. The van der Waals surface area contributed by atoms with E-state index in [0.717, 1.165) is 11.1 Å². The van der Waals surface area contributed by atoms with Crippen molar-refractivity contribution in [2.45, 2.75) is 70.4 Å². The SMILES string of the molecule is Cc1cc(C(=O)N2CC[C@@H](C(=O)N3CCC(O)(Cn4cnc5c(ccn5C)c4=O)CC3)[C@H](c3ccccc3)C2)ccc1C(C)(C)C. The van der Waals surface area contributed by atoms with E-state index >= 15 is 0 Å². The second kappa shape index (κ2) is 12.2. The number of amides is 2. The van der Waals surface area contributed by atoms with Crippen LogP contribution in [0.4, 0.5) is 0 Å². The van der Waals surface area contributed by atoms with E-state index in [0.29, 0.717) is 62.0 Å². The first-order valence-electron chi connectivity index (χ1n) is 16.3. The molecule has 2 aromatic carbocycles. The van der Waals surface area contributed by atoms with Gasteiger partial charge in [0.2, 0.25) is 5.91 Å². The maximum absolute atomic E-state index is 14.1. The summed E-state index contributed by atoms with van der Waals surface area (Å²) in [6.45, 7) is 10.5. The molecule has 0 unspecified atom stereocenters. The van der Waals surface area contributed by atoms with Gasteiger partial charge < -0.3 is 19.5 Å². The molecule has 2 aliphatic rings. The third-order valence-corrected chi connectivity index (χ3v) is 10.0. The Bertz CT molecular complexity index is 1810. The highest BCUT2D eigenvalue weighted by molar-refractivity contribution is 5.95. The molecular weight excluding hydrogens is 578 g/mol. The highest BCUT2D eigenvalue weighted by Gasteiger charge is 2.41. The Morgan fingerprint density at radius 1 is 1.00 bits per heavy atom. The molecule has 2 fully saturated rings. The molecule has 2 aromatic heterocycles. The monoisotopic (exact) mass is 623 g/mol. The Kier molecular flexibility index (Phi) is 8.40.